The second-order valence-electron chi connectivity index (χ2n) is 14.1. The number of carbonyl (C=O) groups is 5. The molecule has 5 amide bonds. The zero-order valence-corrected chi connectivity index (χ0v) is 29.3. The molecular weight excluding hydrogens is 590 g/mol. The molecule has 1 rings (SSSR count). The van der Waals surface area contributed by atoms with Crippen LogP contribution in [0.4, 0.5) is 4.79 Å². The Bertz CT molecular complexity index is 1160. The zero-order chi connectivity index (χ0) is 34.4. The summed E-state index contributed by atoms with van der Waals surface area (Å²) in [5.74, 6) is -2.75. The highest BCUT2D eigenvalue weighted by atomic mass is 32.2. The van der Waals surface area contributed by atoms with Crippen molar-refractivity contribution in [2.24, 2.45) is 22.7 Å². The Hall–Kier alpha value is -2.78. The number of nitrogens with zero attached hydrogens (tertiary/aromatic N) is 3. The Labute approximate surface area is 263 Å². The maximum atomic E-state index is 14.1. The predicted molar refractivity (Wildman–Crippen MR) is 169 cm³/mol. The van der Waals surface area contributed by atoms with Crippen molar-refractivity contribution in [1.29, 1.82) is 0 Å². The molecule has 1 aliphatic heterocycles. The quantitative estimate of drug-likeness (QED) is 0.211. The van der Waals surface area contributed by atoms with Gasteiger partial charge < -0.3 is 26.2 Å². The minimum atomic E-state index is -3.73. The summed E-state index contributed by atoms with van der Waals surface area (Å²) in [7, 11) is 0.553. The Balaban J connectivity index is 3.23. The molecule has 14 nitrogen and oxygen atoms in total. The van der Waals surface area contributed by atoms with Crippen LogP contribution in [0, 0.1) is 22.7 Å². The summed E-state index contributed by atoms with van der Waals surface area (Å²) < 4.78 is 27.5. The van der Waals surface area contributed by atoms with Crippen LogP contribution >= 0.6 is 0 Å². The molecule has 1 saturated heterocycles. The van der Waals surface area contributed by atoms with Gasteiger partial charge in [-0.1, -0.05) is 55.4 Å². The Kier molecular flexibility index (Phi) is 13.8. The summed E-state index contributed by atoms with van der Waals surface area (Å²) in [5, 5.41) is 10.6. The number of rotatable bonds is 13. The Morgan fingerprint density at radius 2 is 1.48 bits per heavy atom. The van der Waals surface area contributed by atoms with E-state index >= 15 is 0 Å². The van der Waals surface area contributed by atoms with E-state index < -0.39 is 75.2 Å². The number of nitrogens with one attached hydrogen (secondary N) is 4. The fourth-order valence-electron chi connectivity index (χ4n) is 5.02. The number of Topliss-reactive ketones (excluding diaryl/α,β-unsaturated/α-hetero) is 1. The van der Waals surface area contributed by atoms with Crippen molar-refractivity contribution >= 4 is 39.7 Å². The SMILES string of the molecule is CCNC(=O)C(=O)CNC(=O)[C@@H]1[C@@H](C(C)C)CCN1C(=O)[C@@H](NC(=O)N[C@H](CN(C)S(=O)(=O)N(C)C)C(C)(C)C)C(C)(C)C. The number of likely N-dealkylation sites (N-methyl/N-ethyl adjacent to an activating group) is 2. The average molecular weight is 646 g/mol. The molecule has 15 heteroatoms. The van der Waals surface area contributed by atoms with Crippen LogP contribution in [0.3, 0.4) is 0 Å². The van der Waals surface area contributed by atoms with Gasteiger partial charge in [-0.3, -0.25) is 19.2 Å². The molecule has 0 bridgehead atoms. The van der Waals surface area contributed by atoms with Crippen molar-refractivity contribution in [2.45, 2.75) is 86.9 Å². The van der Waals surface area contributed by atoms with Crippen LogP contribution < -0.4 is 21.3 Å². The van der Waals surface area contributed by atoms with Gasteiger partial charge in [0.05, 0.1) is 6.54 Å². The van der Waals surface area contributed by atoms with E-state index in [4.69, 9.17) is 0 Å². The second kappa shape index (κ2) is 15.5. The lowest BCUT2D eigenvalue weighted by Crippen LogP contribution is -2.62. The monoisotopic (exact) mass is 645 g/mol. The van der Waals surface area contributed by atoms with Crippen LogP contribution in [-0.4, -0.2) is 117 Å². The number of urea groups is 1. The van der Waals surface area contributed by atoms with Crippen LogP contribution in [-0.2, 0) is 29.4 Å². The van der Waals surface area contributed by atoms with Gasteiger partial charge in [0.15, 0.2) is 0 Å². The molecule has 0 aromatic carbocycles. The zero-order valence-electron chi connectivity index (χ0n) is 28.5. The number of carbonyl (C=O) groups excluding carboxylic acids is 5. The molecule has 0 saturated carbocycles. The van der Waals surface area contributed by atoms with Gasteiger partial charge >= 0.3 is 6.03 Å². The lowest BCUT2D eigenvalue weighted by molar-refractivity contribution is -0.143. The molecule has 0 aromatic rings. The van der Waals surface area contributed by atoms with Gasteiger partial charge in [-0.05, 0) is 36.0 Å². The van der Waals surface area contributed by atoms with Crippen LogP contribution in [0.15, 0.2) is 0 Å². The van der Waals surface area contributed by atoms with E-state index in [1.54, 1.807) is 27.7 Å². The van der Waals surface area contributed by atoms with Crippen molar-refractivity contribution in [3.05, 3.63) is 0 Å². The van der Waals surface area contributed by atoms with E-state index in [2.05, 4.69) is 21.3 Å². The van der Waals surface area contributed by atoms with E-state index in [1.807, 2.05) is 34.6 Å². The molecular formula is C29H55N7O7S. The summed E-state index contributed by atoms with van der Waals surface area (Å²) in [6.07, 6.45) is 0.549. The molecule has 1 fully saturated rings. The van der Waals surface area contributed by atoms with E-state index in [0.717, 1.165) is 8.61 Å². The van der Waals surface area contributed by atoms with Gasteiger partial charge in [0.2, 0.25) is 17.6 Å². The van der Waals surface area contributed by atoms with E-state index in [9.17, 15) is 32.4 Å². The Morgan fingerprint density at radius 1 is 0.909 bits per heavy atom. The molecule has 44 heavy (non-hydrogen) atoms. The molecule has 0 unspecified atom stereocenters. The summed E-state index contributed by atoms with van der Waals surface area (Å²) in [4.78, 5) is 66.3. The van der Waals surface area contributed by atoms with Gasteiger partial charge in [-0.25, -0.2) is 4.79 Å². The first-order valence-electron chi connectivity index (χ1n) is 15.1. The first kappa shape index (κ1) is 39.2. The van der Waals surface area contributed by atoms with Crippen LogP contribution in [0.1, 0.15) is 68.7 Å². The minimum absolute atomic E-state index is 0.00893. The number of hydrogen-bond donors (Lipinski definition) is 4. The lowest BCUT2D eigenvalue weighted by atomic mass is 9.84. The number of ketones is 1. The highest BCUT2D eigenvalue weighted by molar-refractivity contribution is 7.86. The molecule has 0 aromatic heterocycles. The fourth-order valence-corrected chi connectivity index (χ4v) is 5.92. The van der Waals surface area contributed by atoms with E-state index in [-0.39, 0.29) is 31.5 Å². The molecule has 4 N–H and O–H groups in total. The topological polar surface area (TPSA) is 177 Å². The summed E-state index contributed by atoms with van der Waals surface area (Å²) in [5.41, 5.74) is -1.30. The minimum Gasteiger partial charge on any atom is -0.350 e. The van der Waals surface area contributed by atoms with Gasteiger partial charge in [-0.15, -0.1) is 0 Å². The standard InChI is InChI=1S/C29H55N7O7S/c1-13-30-24(38)20(37)16-31-25(39)22-19(18(2)3)14-15-36(22)26(40)23(29(7,8)9)33-27(41)32-21(28(4,5)6)17-35(12)44(42,43)34(10)11/h18-19,21-23H,13-17H2,1-12H3,(H,30,38)(H,31,39)(H2,32,33,41)/t19-,21-,22+,23-/m1/s1. The predicted octanol–water partition coefficient (Wildman–Crippen LogP) is 0.548. The lowest BCUT2D eigenvalue weighted by Gasteiger charge is -2.38. The van der Waals surface area contributed by atoms with E-state index in [1.165, 1.54) is 26.0 Å². The van der Waals surface area contributed by atoms with Gasteiger partial charge in [0.25, 0.3) is 16.1 Å². The van der Waals surface area contributed by atoms with E-state index in [0.29, 0.717) is 6.42 Å². The molecule has 254 valence electrons. The van der Waals surface area contributed by atoms with Crippen molar-refractivity contribution in [3.63, 3.8) is 0 Å². The molecule has 0 spiro atoms. The number of amides is 5. The normalized spacial score (nSPS) is 19.1. The maximum absolute atomic E-state index is 14.1. The highest BCUT2D eigenvalue weighted by Crippen LogP contribution is 2.33. The van der Waals surface area contributed by atoms with Gasteiger partial charge in [0, 0.05) is 46.8 Å². The van der Waals surface area contributed by atoms with Gasteiger partial charge in [-0.2, -0.15) is 17.0 Å². The fraction of sp³-hybridized carbons (Fsp3) is 0.828. The molecule has 0 aliphatic carbocycles. The first-order chi connectivity index (χ1) is 20.0. The number of likely N-dealkylation sites (tertiary alicyclic amines) is 1. The van der Waals surface area contributed by atoms with Crippen molar-refractivity contribution in [3.8, 4) is 0 Å². The first-order valence-corrected chi connectivity index (χ1v) is 16.5. The second-order valence-corrected chi connectivity index (χ2v) is 16.3. The third-order valence-electron chi connectivity index (χ3n) is 7.90. The van der Waals surface area contributed by atoms with Crippen molar-refractivity contribution < 1.29 is 32.4 Å². The summed E-state index contributed by atoms with van der Waals surface area (Å²) in [6, 6.07) is -3.20. The van der Waals surface area contributed by atoms with Crippen LogP contribution in [0.2, 0.25) is 0 Å². The maximum Gasteiger partial charge on any atom is 0.315 e. The molecule has 1 aliphatic rings. The van der Waals surface area contributed by atoms with Crippen LogP contribution in [0.5, 0.6) is 0 Å². The number of hydrogen-bond acceptors (Lipinski definition) is 7. The van der Waals surface area contributed by atoms with Crippen molar-refractivity contribution in [2.75, 3.05) is 47.3 Å². The van der Waals surface area contributed by atoms with Gasteiger partial charge in [0.1, 0.15) is 12.1 Å². The van der Waals surface area contributed by atoms with Crippen LogP contribution in [0.25, 0.3) is 0 Å². The average Bonchev–Trinajstić information content (AvgIpc) is 3.34. The molecule has 4 atom stereocenters. The smallest absolute Gasteiger partial charge is 0.315 e. The molecule has 1 heterocycles. The van der Waals surface area contributed by atoms with Crippen molar-refractivity contribution in [1.82, 2.24) is 34.8 Å². The summed E-state index contributed by atoms with van der Waals surface area (Å²) in [6.45, 7) is 16.6. The third-order valence-corrected chi connectivity index (χ3v) is 9.76. The summed E-state index contributed by atoms with van der Waals surface area (Å²) >= 11 is 0. The largest absolute Gasteiger partial charge is 0.350 e. The highest BCUT2D eigenvalue weighted by Gasteiger charge is 2.47. The molecule has 0 radical (unpaired) electrons. The Morgan fingerprint density at radius 3 is 1.93 bits per heavy atom. The third kappa shape index (κ3) is 10.4.